The second-order valence-corrected chi connectivity index (χ2v) is 7.30. The molecule has 0 aliphatic rings. The van der Waals surface area contributed by atoms with Crippen LogP contribution >= 0.6 is 0 Å². The number of imidazole rings is 1. The molecule has 0 amide bonds. The highest BCUT2D eigenvalue weighted by Gasteiger charge is 2.16. The van der Waals surface area contributed by atoms with Gasteiger partial charge in [-0.3, -0.25) is 4.98 Å². The quantitative estimate of drug-likeness (QED) is 0.320. The number of rotatable bonds is 7. The Kier molecular flexibility index (Phi) is 5.38. The highest BCUT2D eigenvalue weighted by atomic mass is 15.2. The Labute approximate surface area is 174 Å². The molecule has 8 heteroatoms. The number of nitrogens with two attached hydrogens (primary N) is 1. The summed E-state index contributed by atoms with van der Waals surface area (Å²) in [4.78, 5) is 18.1. The molecule has 0 saturated carbocycles. The molecule has 4 aromatic rings. The fourth-order valence-corrected chi connectivity index (χ4v) is 3.25. The van der Waals surface area contributed by atoms with Crippen LogP contribution in [0.5, 0.6) is 0 Å². The van der Waals surface area contributed by atoms with Gasteiger partial charge in [-0.05, 0) is 32.0 Å². The second kappa shape index (κ2) is 8.28. The van der Waals surface area contributed by atoms with E-state index in [4.69, 9.17) is 21.1 Å². The van der Waals surface area contributed by atoms with E-state index in [1.54, 1.807) is 18.7 Å². The molecule has 0 spiro atoms. The number of benzene rings is 1. The summed E-state index contributed by atoms with van der Waals surface area (Å²) in [5.41, 5.74) is 10.2. The van der Waals surface area contributed by atoms with Gasteiger partial charge in [0.1, 0.15) is 5.52 Å². The Morgan fingerprint density at radius 1 is 1.17 bits per heavy atom. The number of nitrogen functional groups attached to an aromatic ring is 1. The van der Waals surface area contributed by atoms with Gasteiger partial charge in [0.25, 0.3) is 0 Å². The van der Waals surface area contributed by atoms with Crippen molar-refractivity contribution < 1.29 is 0 Å². The molecule has 0 radical (unpaired) electrons. The summed E-state index contributed by atoms with van der Waals surface area (Å²) in [7, 11) is 0. The van der Waals surface area contributed by atoms with Gasteiger partial charge in [-0.25, -0.2) is 15.0 Å². The fraction of sp³-hybridized carbons (Fsp3) is 0.227. The van der Waals surface area contributed by atoms with Crippen molar-refractivity contribution in [2.45, 2.75) is 26.3 Å². The molecule has 0 unspecified atom stereocenters. The lowest BCUT2D eigenvalue weighted by atomic mass is 10.1. The number of para-hydroxylation sites is 1. The highest BCUT2D eigenvalue weighted by Crippen LogP contribution is 2.25. The molecule has 0 bridgehead atoms. The van der Waals surface area contributed by atoms with Gasteiger partial charge in [-0.2, -0.15) is 0 Å². The Bertz CT molecular complexity index is 1180. The van der Waals surface area contributed by atoms with Crippen LogP contribution in [0.25, 0.3) is 22.6 Å². The number of pyridine rings is 1. The van der Waals surface area contributed by atoms with Gasteiger partial charge in [0.05, 0.1) is 6.33 Å². The van der Waals surface area contributed by atoms with Crippen molar-refractivity contribution in [3.05, 3.63) is 60.7 Å². The minimum atomic E-state index is 0.216. The van der Waals surface area contributed by atoms with Gasteiger partial charge in [-0.15, -0.1) is 0 Å². The standard InChI is InChI=1S/C22H24N8/c1-14(2)30-13-27-19-21(26-11-9-18(24)16-7-3-4-8-17(16)23)28-20(29-22(19)30)15-6-5-10-25-12-15/h3-8,10,12-14,24H,9,11,23H2,1-2H3,(H,26,28,29). The van der Waals surface area contributed by atoms with Crippen LogP contribution in [0.3, 0.4) is 0 Å². The van der Waals surface area contributed by atoms with E-state index < -0.39 is 0 Å². The van der Waals surface area contributed by atoms with E-state index in [0.29, 0.717) is 41.5 Å². The zero-order valence-corrected chi connectivity index (χ0v) is 17.0. The smallest absolute Gasteiger partial charge is 0.166 e. The topological polar surface area (TPSA) is 118 Å². The van der Waals surface area contributed by atoms with Crippen molar-refractivity contribution in [3.63, 3.8) is 0 Å². The van der Waals surface area contributed by atoms with Crippen LogP contribution in [0.1, 0.15) is 31.9 Å². The maximum atomic E-state index is 8.36. The van der Waals surface area contributed by atoms with Gasteiger partial charge in [0, 0.05) is 53.9 Å². The van der Waals surface area contributed by atoms with Gasteiger partial charge in [0.15, 0.2) is 17.3 Å². The molecular formula is C22H24N8. The van der Waals surface area contributed by atoms with E-state index >= 15 is 0 Å². The van der Waals surface area contributed by atoms with E-state index in [0.717, 1.165) is 16.8 Å². The molecule has 152 valence electrons. The summed E-state index contributed by atoms with van der Waals surface area (Å²) < 4.78 is 2.02. The average Bonchev–Trinajstić information content (AvgIpc) is 3.19. The fourth-order valence-electron chi connectivity index (χ4n) is 3.25. The Balaban J connectivity index is 1.63. The number of nitrogens with zero attached hydrogens (tertiary/aromatic N) is 5. The molecule has 4 N–H and O–H groups in total. The van der Waals surface area contributed by atoms with Crippen LogP contribution in [0, 0.1) is 5.41 Å². The third-order valence-electron chi connectivity index (χ3n) is 4.85. The molecular weight excluding hydrogens is 376 g/mol. The highest BCUT2D eigenvalue weighted by molar-refractivity contribution is 6.02. The largest absolute Gasteiger partial charge is 0.398 e. The minimum Gasteiger partial charge on any atom is -0.398 e. The van der Waals surface area contributed by atoms with Gasteiger partial charge < -0.3 is 21.0 Å². The Morgan fingerprint density at radius 2 is 2.00 bits per heavy atom. The van der Waals surface area contributed by atoms with Crippen LogP contribution in [0.4, 0.5) is 11.5 Å². The molecule has 4 rings (SSSR count). The van der Waals surface area contributed by atoms with Crippen molar-refractivity contribution in [2.24, 2.45) is 0 Å². The van der Waals surface area contributed by atoms with Crippen molar-refractivity contribution in [1.82, 2.24) is 24.5 Å². The zero-order chi connectivity index (χ0) is 21.1. The predicted molar refractivity (Wildman–Crippen MR) is 120 cm³/mol. The SMILES string of the molecule is CC(C)n1cnc2c(NCCC(=N)c3ccccc3N)nc(-c3cccnc3)nc21. The number of hydrogen-bond donors (Lipinski definition) is 3. The first kappa shape index (κ1) is 19.5. The molecule has 8 nitrogen and oxygen atoms in total. The monoisotopic (exact) mass is 400 g/mol. The van der Waals surface area contributed by atoms with Gasteiger partial charge in [0.2, 0.25) is 0 Å². The first-order valence-corrected chi connectivity index (χ1v) is 9.85. The molecule has 1 aromatic carbocycles. The van der Waals surface area contributed by atoms with E-state index in [2.05, 4.69) is 29.1 Å². The van der Waals surface area contributed by atoms with E-state index in [9.17, 15) is 0 Å². The number of anilines is 2. The molecule has 0 aliphatic carbocycles. The molecule has 0 aliphatic heterocycles. The molecule has 30 heavy (non-hydrogen) atoms. The first-order chi connectivity index (χ1) is 14.5. The first-order valence-electron chi connectivity index (χ1n) is 9.85. The van der Waals surface area contributed by atoms with Crippen LogP contribution in [-0.2, 0) is 0 Å². The maximum Gasteiger partial charge on any atom is 0.166 e. The number of aromatic nitrogens is 5. The predicted octanol–water partition coefficient (Wildman–Crippen LogP) is 3.92. The van der Waals surface area contributed by atoms with Crippen LogP contribution in [0.2, 0.25) is 0 Å². The third-order valence-corrected chi connectivity index (χ3v) is 4.85. The van der Waals surface area contributed by atoms with Crippen molar-refractivity contribution in [2.75, 3.05) is 17.6 Å². The second-order valence-electron chi connectivity index (χ2n) is 7.30. The number of fused-ring (bicyclic) bond motifs is 1. The van der Waals surface area contributed by atoms with Crippen LogP contribution in [-0.4, -0.2) is 36.8 Å². The Hall–Kier alpha value is -3.81. The van der Waals surface area contributed by atoms with Crippen molar-refractivity contribution in [3.8, 4) is 11.4 Å². The molecule has 3 aromatic heterocycles. The summed E-state index contributed by atoms with van der Waals surface area (Å²) in [6.45, 7) is 4.71. The summed E-state index contributed by atoms with van der Waals surface area (Å²) in [5, 5.41) is 11.7. The average molecular weight is 400 g/mol. The number of hydrogen-bond acceptors (Lipinski definition) is 7. The van der Waals surface area contributed by atoms with E-state index in [-0.39, 0.29) is 6.04 Å². The van der Waals surface area contributed by atoms with Crippen LogP contribution in [0.15, 0.2) is 55.1 Å². The van der Waals surface area contributed by atoms with E-state index in [1.165, 1.54) is 0 Å². The summed E-state index contributed by atoms with van der Waals surface area (Å²) >= 11 is 0. The lowest BCUT2D eigenvalue weighted by Gasteiger charge is -2.12. The zero-order valence-electron chi connectivity index (χ0n) is 17.0. The normalized spacial score (nSPS) is 11.2. The van der Waals surface area contributed by atoms with Crippen LogP contribution < -0.4 is 11.1 Å². The summed E-state index contributed by atoms with van der Waals surface area (Å²) in [5.74, 6) is 1.23. The maximum absolute atomic E-state index is 8.36. The molecule has 0 atom stereocenters. The summed E-state index contributed by atoms with van der Waals surface area (Å²) in [6.07, 6.45) is 5.76. The Morgan fingerprint density at radius 3 is 2.73 bits per heavy atom. The number of nitrogens with one attached hydrogen (secondary N) is 2. The van der Waals surface area contributed by atoms with Crippen molar-refractivity contribution in [1.29, 1.82) is 5.41 Å². The molecule has 3 heterocycles. The van der Waals surface area contributed by atoms with Gasteiger partial charge >= 0.3 is 0 Å². The molecule has 0 fully saturated rings. The lowest BCUT2D eigenvalue weighted by molar-refractivity contribution is 0.613. The van der Waals surface area contributed by atoms with Crippen molar-refractivity contribution >= 4 is 28.4 Å². The minimum absolute atomic E-state index is 0.216. The van der Waals surface area contributed by atoms with E-state index in [1.807, 2.05) is 41.0 Å². The summed E-state index contributed by atoms with van der Waals surface area (Å²) in [6, 6.07) is 11.4. The lowest BCUT2D eigenvalue weighted by Crippen LogP contribution is -2.12. The molecule has 0 saturated heterocycles. The van der Waals surface area contributed by atoms with Gasteiger partial charge in [-0.1, -0.05) is 18.2 Å². The third kappa shape index (κ3) is 3.84.